The molecule has 1 unspecified atom stereocenters. The van der Waals surface area contributed by atoms with Gasteiger partial charge in [0, 0.05) is 18.3 Å². The molecule has 0 saturated carbocycles. The molecule has 92 valence electrons. The van der Waals surface area contributed by atoms with Crippen molar-refractivity contribution in [1.82, 2.24) is 9.78 Å². The second-order valence-electron chi connectivity index (χ2n) is 3.93. The zero-order chi connectivity index (χ0) is 12.1. The Morgan fingerprint density at radius 3 is 2.81 bits per heavy atom. The normalized spacial score (nSPS) is 12.8. The summed E-state index contributed by atoms with van der Waals surface area (Å²) in [7, 11) is 0. The molecule has 0 spiro atoms. The lowest BCUT2D eigenvalue weighted by atomic mass is 10.3. The van der Waals surface area contributed by atoms with E-state index in [9.17, 15) is 0 Å². The first kappa shape index (κ1) is 13.2. The van der Waals surface area contributed by atoms with Gasteiger partial charge in [0.15, 0.2) is 0 Å². The number of aromatic nitrogens is 2. The van der Waals surface area contributed by atoms with Crippen LogP contribution in [0.5, 0.6) is 0 Å². The van der Waals surface area contributed by atoms with Gasteiger partial charge in [0.05, 0.1) is 11.4 Å². The molecule has 0 saturated heterocycles. The Bertz CT molecular complexity index is 335. The van der Waals surface area contributed by atoms with Gasteiger partial charge >= 0.3 is 0 Å². The van der Waals surface area contributed by atoms with Crippen LogP contribution in [-0.2, 0) is 6.54 Å². The zero-order valence-electron chi connectivity index (χ0n) is 10.6. The van der Waals surface area contributed by atoms with Gasteiger partial charge in [-0.15, -0.1) is 0 Å². The summed E-state index contributed by atoms with van der Waals surface area (Å²) in [5.41, 5.74) is 7.66. The molecule has 0 radical (unpaired) electrons. The average Bonchev–Trinajstić information content (AvgIpc) is 2.56. The van der Waals surface area contributed by atoms with Gasteiger partial charge < -0.3 is 11.1 Å². The average molecular weight is 242 g/mol. The van der Waals surface area contributed by atoms with E-state index >= 15 is 0 Å². The van der Waals surface area contributed by atoms with Crippen molar-refractivity contribution in [3.63, 3.8) is 0 Å². The Morgan fingerprint density at radius 2 is 2.25 bits per heavy atom. The molecule has 16 heavy (non-hydrogen) atoms. The first-order valence-electron chi connectivity index (χ1n) is 5.69. The van der Waals surface area contributed by atoms with Crippen molar-refractivity contribution in [2.45, 2.75) is 39.0 Å². The molecule has 0 aliphatic rings. The van der Waals surface area contributed by atoms with Gasteiger partial charge in [-0.1, -0.05) is 6.92 Å². The summed E-state index contributed by atoms with van der Waals surface area (Å²) in [5.74, 6) is 0.966. The monoisotopic (exact) mass is 242 g/mol. The molecule has 1 aromatic heterocycles. The highest BCUT2D eigenvalue weighted by atomic mass is 32.2. The predicted octanol–water partition coefficient (Wildman–Crippen LogP) is 2.35. The molecule has 1 atom stereocenters. The fourth-order valence-electron chi connectivity index (χ4n) is 1.52. The minimum absolute atomic E-state index is 0.674. The van der Waals surface area contributed by atoms with Gasteiger partial charge in [0.2, 0.25) is 0 Å². The Morgan fingerprint density at radius 1 is 1.56 bits per heavy atom. The van der Waals surface area contributed by atoms with Crippen LogP contribution in [0.2, 0.25) is 0 Å². The summed E-state index contributed by atoms with van der Waals surface area (Å²) in [6.07, 6.45) is 3.27. The summed E-state index contributed by atoms with van der Waals surface area (Å²) in [5, 5.41) is 8.43. The van der Waals surface area contributed by atoms with E-state index in [1.165, 1.54) is 0 Å². The van der Waals surface area contributed by atoms with Crippen molar-refractivity contribution in [3.8, 4) is 0 Å². The third-order valence-corrected chi connectivity index (χ3v) is 3.76. The zero-order valence-corrected chi connectivity index (χ0v) is 11.4. The maximum absolute atomic E-state index is 5.98. The highest BCUT2D eigenvalue weighted by molar-refractivity contribution is 7.99. The lowest BCUT2D eigenvalue weighted by Gasteiger charge is -2.11. The van der Waals surface area contributed by atoms with Crippen LogP contribution in [0.25, 0.3) is 0 Å². The third kappa shape index (κ3) is 3.07. The fourth-order valence-corrected chi connectivity index (χ4v) is 1.88. The summed E-state index contributed by atoms with van der Waals surface area (Å²) in [6, 6.07) is 0. The summed E-state index contributed by atoms with van der Waals surface area (Å²) < 4.78 is 1.93. The topological polar surface area (TPSA) is 55.9 Å². The first-order valence-corrected chi connectivity index (χ1v) is 6.98. The second kappa shape index (κ2) is 6.03. The summed E-state index contributed by atoms with van der Waals surface area (Å²) in [4.78, 5) is 0. The van der Waals surface area contributed by atoms with Crippen LogP contribution in [0.4, 0.5) is 11.5 Å². The third-order valence-electron chi connectivity index (χ3n) is 2.72. The van der Waals surface area contributed by atoms with Crippen molar-refractivity contribution < 1.29 is 0 Å². The van der Waals surface area contributed by atoms with E-state index in [1.807, 2.05) is 23.4 Å². The number of rotatable bonds is 6. The Labute approximate surface area is 102 Å². The van der Waals surface area contributed by atoms with Gasteiger partial charge in [-0.05, 0) is 26.5 Å². The maximum Gasteiger partial charge on any atom is 0.148 e. The standard InChI is InChI=1S/C11H22N4S/c1-5-15-11(10(12)9(3)14-15)13-7-6-8(2)16-4/h8,13H,5-7,12H2,1-4H3. The SMILES string of the molecule is CCn1nc(C)c(N)c1NCCC(C)SC. The Kier molecular flexibility index (Phi) is 4.99. The number of aryl methyl sites for hydroxylation is 2. The van der Waals surface area contributed by atoms with Gasteiger partial charge in [-0.3, -0.25) is 0 Å². The quantitative estimate of drug-likeness (QED) is 0.804. The summed E-state index contributed by atoms with van der Waals surface area (Å²) >= 11 is 1.89. The number of hydrogen-bond donors (Lipinski definition) is 2. The van der Waals surface area contributed by atoms with Crippen LogP contribution in [-0.4, -0.2) is 27.8 Å². The number of nitrogens with two attached hydrogens (primary N) is 1. The van der Waals surface area contributed by atoms with Crippen LogP contribution in [0.1, 0.15) is 26.0 Å². The van der Waals surface area contributed by atoms with Crippen LogP contribution >= 0.6 is 11.8 Å². The van der Waals surface area contributed by atoms with Gasteiger partial charge in [-0.25, -0.2) is 4.68 Å². The smallest absolute Gasteiger partial charge is 0.148 e. The molecule has 4 nitrogen and oxygen atoms in total. The summed E-state index contributed by atoms with van der Waals surface area (Å²) in [6.45, 7) is 8.03. The van der Waals surface area contributed by atoms with Crippen molar-refractivity contribution in [2.75, 3.05) is 23.9 Å². The molecule has 0 amide bonds. The number of nitrogens with one attached hydrogen (secondary N) is 1. The van der Waals surface area contributed by atoms with E-state index in [1.54, 1.807) is 0 Å². The van der Waals surface area contributed by atoms with Crippen molar-refractivity contribution >= 4 is 23.3 Å². The number of thioether (sulfide) groups is 1. The van der Waals surface area contributed by atoms with Crippen molar-refractivity contribution in [1.29, 1.82) is 0 Å². The molecule has 0 aromatic carbocycles. The minimum Gasteiger partial charge on any atom is -0.394 e. The van der Waals surface area contributed by atoms with Gasteiger partial charge in [-0.2, -0.15) is 16.9 Å². The van der Waals surface area contributed by atoms with Crippen molar-refractivity contribution in [3.05, 3.63) is 5.69 Å². The molecule has 1 heterocycles. The van der Waals surface area contributed by atoms with E-state index in [4.69, 9.17) is 5.73 Å². The molecular formula is C11H22N4S. The molecule has 1 rings (SSSR count). The number of anilines is 2. The van der Waals surface area contributed by atoms with E-state index < -0.39 is 0 Å². The molecule has 0 aliphatic carbocycles. The Hall–Kier alpha value is -0.840. The van der Waals surface area contributed by atoms with Crippen LogP contribution < -0.4 is 11.1 Å². The fraction of sp³-hybridized carbons (Fsp3) is 0.727. The molecular weight excluding hydrogens is 220 g/mol. The highest BCUT2D eigenvalue weighted by Crippen LogP contribution is 2.22. The highest BCUT2D eigenvalue weighted by Gasteiger charge is 2.10. The number of nitrogens with zero attached hydrogens (tertiary/aromatic N) is 2. The minimum atomic E-state index is 0.674. The van der Waals surface area contributed by atoms with E-state index in [0.717, 1.165) is 36.7 Å². The van der Waals surface area contributed by atoms with Crippen LogP contribution in [0, 0.1) is 6.92 Å². The van der Waals surface area contributed by atoms with Crippen LogP contribution in [0.15, 0.2) is 0 Å². The number of nitrogen functional groups attached to an aromatic ring is 1. The van der Waals surface area contributed by atoms with E-state index in [0.29, 0.717) is 5.25 Å². The van der Waals surface area contributed by atoms with E-state index in [2.05, 4.69) is 30.5 Å². The first-order chi connectivity index (χ1) is 7.60. The molecule has 1 aromatic rings. The number of hydrogen-bond acceptors (Lipinski definition) is 4. The van der Waals surface area contributed by atoms with Gasteiger partial charge in [0.1, 0.15) is 5.82 Å². The lowest BCUT2D eigenvalue weighted by molar-refractivity contribution is 0.656. The largest absolute Gasteiger partial charge is 0.394 e. The molecule has 0 bridgehead atoms. The maximum atomic E-state index is 5.98. The molecule has 5 heteroatoms. The molecule has 0 fully saturated rings. The Balaban J connectivity index is 2.59. The predicted molar refractivity (Wildman–Crippen MR) is 73.1 cm³/mol. The van der Waals surface area contributed by atoms with Gasteiger partial charge in [0.25, 0.3) is 0 Å². The molecule has 3 N–H and O–H groups in total. The van der Waals surface area contributed by atoms with Crippen LogP contribution in [0.3, 0.4) is 0 Å². The van der Waals surface area contributed by atoms with Crippen molar-refractivity contribution in [2.24, 2.45) is 0 Å². The van der Waals surface area contributed by atoms with E-state index in [-0.39, 0.29) is 0 Å². The molecule has 0 aliphatic heterocycles. The second-order valence-corrected chi connectivity index (χ2v) is 5.20. The lowest BCUT2D eigenvalue weighted by Crippen LogP contribution is -2.12.